The van der Waals surface area contributed by atoms with Gasteiger partial charge in [-0.15, -0.1) is 0 Å². The molecule has 0 aliphatic carbocycles. The maximum atomic E-state index is 12.6. The number of pyridine rings is 1. The minimum atomic E-state index is -0.223. The summed E-state index contributed by atoms with van der Waals surface area (Å²) in [6.07, 6.45) is 0. The molecule has 6 nitrogen and oxygen atoms in total. The minimum Gasteiger partial charge on any atom is -0.497 e. The lowest BCUT2D eigenvalue weighted by atomic mass is 10.1. The predicted octanol–water partition coefficient (Wildman–Crippen LogP) is 3.65. The SMILES string of the molecule is COc1ccc2cc(C(=O)Nc3cc(C(C)C)[nH]n3)c(C)nc2c1. The highest BCUT2D eigenvalue weighted by atomic mass is 16.5. The molecule has 2 aromatic heterocycles. The average molecular weight is 324 g/mol. The van der Waals surface area contributed by atoms with Gasteiger partial charge in [0.2, 0.25) is 0 Å². The summed E-state index contributed by atoms with van der Waals surface area (Å²) in [5.74, 6) is 1.35. The van der Waals surface area contributed by atoms with Gasteiger partial charge in [0.15, 0.2) is 5.82 Å². The molecular weight excluding hydrogens is 304 g/mol. The van der Waals surface area contributed by atoms with Crippen LogP contribution in [-0.2, 0) is 0 Å². The van der Waals surface area contributed by atoms with Crippen LogP contribution in [0.3, 0.4) is 0 Å². The lowest BCUT2D eigenvalue weighted by Gasteiger charge is -2.08. The second-order valence-electron chi connectivity index (χ2n) is 6.00. The molecule has 3 rings (SSSR count). The van der Waals surface area contributed by atoms with Crippen molar-refractivity contribution in [1.82, 2.24) is 15.2 Å². The summed E-state index contributed by atoms with van der Waals surface area (Å²) < 4.78 is 5.21. The number of rotatable bonds is 4. The molecule has 1 amide bonds. The highest BCUT2D eigenvalue weighted by Crippen LogP contribution is 2.22. The molecule has 0 unspecified atom stereocenters. The predicted molar refractivity (Wildman–Crippen MR) is 93.7 cm³/mol. The standard InChI is InChI=1S/C18H20N4O2/c1-10(2)15-9-17(22-21-15)20-18(23)14-7-12-5-6-13(24-4)8-16(12)19-11(14)3/h5-10H,1-4H3,(H2,20,21,22,23). The third-order valence-corrected chi connectivity index (χ3v) is 3.92. The first kappa shape index (κ1) is 16.0. The zero-order chi connectivity index (χ0) is 17.3. The molecule has 0 radical (unpaired) electrons. The number of hydrogen-bond donors (Lipinski definition) is 2. The molecule has 0 aliphatic heterocycles. The summed E-state index contributed by atoms with van der Waals surface area (Å²) >= 11 is 0. The number of carbonyl (C=O) groups is 1. The van der Waals surface area contributed by atoms with E-state index in [2.05, 4.69) is 34.3 Å². The first-order chi connectivity index (χ1) is 11.5. The van der Waals surface area contributed by atoms with Gasteiger partial charge in [-0.2, -0.15) is 5.10 Å². The Bertz CT molecular complexity index is 899. The lowest BCUT2D eigenvalue weighted by Crippen LogP contribution is -2.14. The number of hydrogen-bond acceptors (Lipinski definition) is 4. The summed E-state index contributed by atoms with van der Waals surface area (Å²) in [5, 5.41) is 10.7. The van der Waals surface area contributed by atoms with Crippen LogP contribution < -0.4 is 10.1 Å². The number of aromatic amines is 1. The molecular formula is C18H20N4O2. The quantitative estimate of drug-likeness (QED) is 0.767. The number of benzene rings is 1. The van der Waals surface area contributed by atoms with Crippen molar-refractivity contribution >= 4 is 22.6 Å². The van der Waals surface area contributed by atoms with Crippen LogP contribution in [0.15, 0.2) is 30.3 Å². The second-order valence-corrected chi connectivity index (χ2v) is 6.00. The molecule has 0 saturated carbocycles. The van der Waals surface area contributed by atoms with Crippen LogP contribution in [-0.4, -0.2) is 28.2 Å². The summed E-state index contributed by atoms with van der Waals surface area (Å²) in [6, 6.07) is 9.28. The molecule has 2 heterocycles. The normalized spacial score (nSPS) is 11.0. The number of amides is 1. The number of aromatic nitrogens is 3. The van der Waals surface area contributed by atoms with Crippen LogP contribution >= 0.6 is 0 Å². The van der Waals surface area contributed by atoms with E-state index >= 15 is 0 Å². The van der Waals surface area contributed by atoms with E-state index in [9.17, 15) is 4.79 Å². The van der Waals surface area contributed by atoms with Gasteiger partial charge in [-0.1, -0.05) is 13.8 Å². The van der Waals surface area contributed by atoms with Crippen molar-refractivity contribution in [2.45, 2.75) is 26.7 Å². The van der Waals surface area contributed by atoms with E-state index < -0.39 is 0 Å². The largest absolute Gasteiger partial charge is 0.497 e. The summed E-state index contributed by atoms with van der Waals surface area (Å²) in [5.41, 5.74) is 2.96. The number of anilines is 1. The number of H-pyrrole nitrogens is 1. The number of methoxy groups -OCH3 is 1. The van der Waals surface area contributed by atoms with E-state index in [1.54, 1.807) is 7.11 Å². The van der Waals surface area contributed by atoms with E-state index in [0.29, 0.717) is 23.0 Å². The van der Waals surface area contributed by atoms with E-state index in [1.165, 1.54) is 0 Å². The van der Waals surface area contributed by atoms with Crippen LogP contribution in [0.4, 0.5) is 5.82 Å². The van der Waals surface area contributed by atoms with Crippen molar-refractivity contribution in [2.75, 3.05) is 12.4 Å². The van der Waals surface area contributed by atoms with Gasteiger partial charge in [0.25, 0.3) is 5.91 Å². The van der Waals surface area contributed by atoms with Gasteiger partial charge in [-0.3, -0.25) is 14.9 Å². The molecule has 0 saturated heterocycles. The van der Waals surface area contributed by atoms with Crippen molar-refractivity contribution in [3.05, 3.63) is 47.3 Å². The Morgan fingerprint density at radius 3 is 2.71 bits per heavy atom. The number of nitrogens with zero attached hydrogens (tertiary/aromatic N) is 2. The maximum absolute atomic E-state index is 12.6. The van der Waals surface area contributed by atoms with E-state index in [1.807, 2.05) is 37.3 Å². The number of fused-ring (bicyclic) bond motifs is 1. The number of nitrogens with one attached hydrogen (secondary N) is 2. The molecule has 124 valence electrons. The van der Waals surface area contributed by atoms with Gasteiger partial charge in [0, 0.05) is 23.2 Å². The summed E-state index contributed by atoms with van der Waals surface area (Å²) in [6.45, 7) is 5.94. The Hall–Kier alpha value is -2.89. The Kier molecular flexibility index (Phi) is 4.20. The molecule has 1 aromatic carbocycles. The van der Waals surface area contributed by atoms with Crippen molar-refractivity contribution in [3.8, 4) is 5.75 Å². The van der Waals surface area contributed by atoms with Gasteiger partial charge in [0.05, 0.1) is 23.9 Å². The second kappa shape index (κ2) is 6.31. The van der Waals surface area contributed by atoms with Gasteiger partial charge >= 0.3 is 0 Å². The maximum Gasteiger partial charge on any atom is 0.258 e. The zero-order valence-corrected chi connectivity index (χ0v) is 14.2. The molecule has 24 heavy (non-hydrogen) atoms. The molecule has 0 spiro atoms. The number of ether oxygens (including phenoxy) is 1. The van der Waals surface area contributed by atoms with Crippen LogP contribution in [0.2, 0.25) is 0 Å². The van der Waals surface area contributed by atoms with E-state index in [4.69, 9.17) is 4.74 Å². The van der Waals surface area contributed by atoms with Gasteiger partial charge < -0.3 is 10.1 Å². The Balaban J connectivity index is 1.89. The molecule has 0 aliphatic rings. The molecule has 2 N–H and O–H groups in total. The van der Waals surface area contributed by atoms with Crippen LogP contribution in [0.25, 0.3) is 10.9 Å². The first-order valence-corrected chi connectivity index (χ1v) is 7.80. The van der Waals surface area contributed by atoms with Gasteiger partial charge in [-0.25, -0.2) is 0 Å². The minimum absolute atomic E-state index is 0.223. The fourth-order valence-corrected chi connectivity index (χ4v) is 2.48. The topological polar surface area (TPSA) is 79.9 Å². The highest BCUT2D eigenvalue weighted by Gasteiger charge is 2.14. The van der Waals surface area contributed by atoms with Crippen molar-refractivity contribution in [2.24, 2.45) is 0 Å². The molecule has 0 fully saturated rings. The fraction of sp³-hybridized carbons (Fsp3) is 0.278. The molecule has 3 aromatic rings. The van der Waals surface area contributed by atoms with Crippen molar-refractivity contribution < 1.29 is 9.53 Å². The highest BCUT2D eigenvalue weighted by molar-refractivity contribution is 6.06. The monoisotopic (exact) mass is 324 g/mol. The number of aryl methyl sites for hydroxylation is 1. The van der Waals surface area contributed by atoms with Crippen molar-refractivity contribution in [3.63, 3.8) is 0 Å². The zero-order valence-electron chi connectivity index (χ0n) is 14.2. The van der Waals surface area contributed by atoms with Gasteiger partial charge in [-0.05, 0) is 31.0 Å². The third-order valence-electron chi connectivity index (χ3n) is 3.92. The van der Waals surface area contributed by atoms with E-state index in [0.717, 1.165) is 22.3 Å². The summed E-state index contributed by atoms with van der Waals surface area (Å²) in [4.78, 5) is 17.1. The summed E-state index contributed by atoms with van der Waals surface area (Å²) in [7, 11) is 1.62. The van der Waals surface area contributed by atoms with Crippen LogP contribution in [0.5, 0.6) is 5.75 Å². The molecule has 6 heteroatoms. The third kappa shape index (κ3) is 3.08. The average Bonchev–Trinajstić information content (AvgIpc) is 3.02. The first-order valence-electron chi connectivity index (χ1n) is 7.80. The molecule has 0 bridgehead atoms. The lowest BCUT2D eigenvalue weighted by molar-refractivity contribution is 0.102. The van der Waals surface area contributed by atoms with E-state index in [-0.39, 0.29) is 5.91 Å². The smallest absolute Gasteiger partial charge is 0.258 e. The Morgan fingerprint density at radius 2 is 2.04 bits per heavy atom. The Labute approximate surface area is 140 Å². The molecule has 0 atom stereocenters. The Morgan fingerprint density at radius 1 is 1.25 bits per heavy atom. The van der Waals surface area contributed by atoms with Crippen LogP contribution in [0.1, 0.15) is 41.5 Å². The van der Waals surface area contributed by atoms with Gasteiger partial charge in [0.1, 0.15) is 5.75 Å². The van der Waals surface area contributed by atoms with Crippen LogP contribution in [0, 0.1) is 6.92 Å². The number of carbonyl (C=O) groups excluding carboxylic acids is 1. The fourth-order valence-electron chi connectivity index (χ4n) is 2.48. The van der Waals surface area contributed by atoms with Crippen molar-refractivity contribution in [1.29, 1.82) is 0 Å².